The fraction of sp³-hybridized carbons (Fsp3) is 0.538. The number of alkyl halides is 1. The third-order valence-electron chi connectivity index (χ3n) is 3.03. The summed E-state index contributed by atoms with van der Waals surface area (Å²) in [7, 11) is 1.72. The van der Waals surface area contributed by atoms with Crippen molar-refractivity contribution in [3.8, 4) is 0 Å². The second kappa shape index (κ2) is 5.94. The highest BCUT2D eigenvalue weighted by Gasteiger charge is 2.31. The molecule has 0 unspecified atom stereocenters. The van der Waals surface area contributed by atoms with Crippen molar-refractivity contribution in [2.75, 3.05) is 25.2 Å². The molecule has 0 atom stereocenters. The fourth-order valence-electron chi connectivity index (χ4n) is 2.04. The van der Waals surface area contributed by atoms with Gasteiger partial charge in [0.1, 0.15) is 0 Å². The van der Waals surface area contributed by atoms with Gasteiger partial charge in [0.15, 0.2) is 0 Å². The zero-order valence-corrected chi connectivity index (χ0v) is 11.5. The Balaban J connectivity index is 2.27. The Hall–Kier alpha value is -0.440. The molecule has 0 spiro atoms. The first-order chi connectivity index (χ1) is 8.27. The van der Waals surface area contributed by atoms with Crippen molar-refractivity contribution in [3.05, 3.63) is 28.8 Å². The molecule has 2 nitrogen and oxygen atoms in total. The predicted molar refractivity (Wildman–Crippen MR) is 73.3 cm³/mol. The zero-order chi connectivity index (χ0) is 12.3. The van der Waals surface area contributed by atoms with Crippen molar-refractivity contribution < 1.29 is 4.74 Å². The molecule has 4 heteroatoms. The van der Waals surface area contributed by atoms with Crippen LogP contribution < -0.4 is 4.90 Å². The summed E-state index contributed by atoms with van der Waals surface area (Å²) in [5.41, 5.74) is 2.19. The summed E-state index contributed by atoms with van der Waals surface area (Å²) in [6.07, 6.45) is 2.47. The number of methoxy groups -OCH3 is 1. The molecule has 1 fully saturated rings. The van der Waals surface area contributed by atoms with Crippen LogP contribution in [0, 0.1) is 0 Å². The van der Waals surface area contributed by atoms with Crippen LogP contribution in [0.1, 0.15) is 18.4 Å². The van der Waals surface area contributed by atoms with Crippen molar-refractivity contribution in [2.45, 2.75) is 24.8 Å². The Morgan fingerprint density at radius 1 is 1.41 bits per heavy atom. The third kappa shape index (κ3) is 3.06. The van der Waals surface area contributed by atoms with Crippen LogP contribution in [0.3, 0.4) is 0 Å². The molecule has 0 aromatic heterocycles. The van der Waals surface area contributed by atoms with Gasteiger partial charge in [0.2, 0.25) is 0 Å². The maximum Gasteiger partial charge on any atom is 0.0642 e. The second-order valence-electron chi connectivity index (χ2n) is 4.30. The van der Waals surface area contributed by atoms with Crippen molar-refractivity contribution in [3.63, 3.8) is 0 Å². The molecule has 1 aliphatic carbocycles. The van der Waals surface area contributed by atoms with Crippen LogP contribution in [0.4, 0.5) is 5.69 Å². The average molecular weight is 274 g/mol. The smallest absolute Gasteiger partial charge is 0.0642 e. The molecule has 94 valence electrons. The van der Waals surface area contributed by atoms with Crippen LogP contribution in [0.25, 0.3) is 0 Å². The molecule has 0 amide bonds. The van der Waals surface area contributed by atoms with E-state index in [1.807, 2.05) is 18.2 Å². The van der Waals surface area contributed by atoms with E-state index in [9.17, 15) is 0 Å². The molecule has 1 saturated carbocycles. The Bertz CT molecular complexity index is 380. The lowest BCUT2D eigenvalue weighted by Crippen LogP contribution is -2.30. The van der Waals surface area contributed by atoms with Gasteiger partial charge in [-0.15, -0.1) is 11.6 Å². The van der Waals surface area contributed by atoms with Crippen LogP contribution in [0.2, 0.25) is 5.02 Å². The largest absolute Gasteiger partial charge is 0.383 e. The van der Waals surface area contributed by atoms with Crippen molar-refractivity contribution in [1.82, 2.24) is 0 Å². The minimum Gasteiger partial charge on any atom is -0.383 e. The fourth-order valence-corrected chi connectivity index (χ4v) is 2.56. The monoisotopic (exact) mass is 273 g/mol. The molecule has 0 heterocycles. The number of nitrogens with zero attached hydrogens (tertiary/aromatic N) is 1. The van der Waals surface area contributed by atoms with Gasteiger partial charge < -0.3 is 9.64 Å². The maximum atomic E-state index is 6.31. The van der Waals surface area contributed by atoms with Crippen LogP contribution in [-0.2, 0) is 10.6 Å². The topological polar surface area (TPSA) is 12.5 Å². The van der Waals surface area contributed by atoms with Gasteiger partial charge in [-0.1, -0.05) is 23.7 Å². The van der Waals surface area contributed by atoms with Gasteiger partial charge in [-0.2, -0.15) is 0 Å². The Labute approximate surface area is 112 Å². The quantitative estimate of drug-likeness (QED) is 0.733. The van der Waals surface area contributed by atoms with Gasteiger partial charge in [0.25, 0.3) is 0 Å². The summed E-state index contributed by atoms with van der Waals surface area (Å²) in [6, 6.07) is 6.52. The number of hydrogen-bond acceptors (Lipinski definition) is 2. The molecule has 1 aromatic rings. The van der Waals surface area contributed by atoms with E-state index >= 15 is 0 Å². The van der Waals surface area contributed by atoms with E-state index in [0.717, 1.165) is 22.8 Å². The van der Waals surface area contributed by atoms with E-state index in [0.29, 0.717) is 18.5 Å². The van der Waals surface area contributed by atoms with Crippen LogP contribution in [0.5, 0.6) is 0 Å². The van der Waals surface area contributed by atoms with Crippen LogP contribution >= 0.6 is 23.2 Å². The minimum atomic E-state index is 0.492. The number of anilines is 1. The predicted octanol–water partition coefficient (Wildman–Crippen LogP) is 3.69. The molecule has 0 saturated heterocycles. The third-order valence-corrected chi connectivity index (χ3v) is 3.62. The second-order valence-corrected chi connectivity index (χ2v) is 4.97. The molecule has 0 radical (unpaired) electrons. The molecule has 0 aliphatic heterocycles. The molecule has 0 N–H and O–H groups in total. The van der Waals surface area contributed by atoms with Crippen molar-refractivity contribution in [1.29, 1.82) is 0 Å². The van der Waals surface area contributed by atoms with Crippen molar-refractivity contribution in [2.24, 2.45) is 0 Å². The summed E-state index contributed by atoms with van der Waals surface area (Å²) >= 11 is 12.3. The van der Waals surface area contributed by atoms with E-state index < -0.39 is 0 Å². The highest BCUT2D eigenvalue weighted by molar-refractivity contribution is 6.33. The SMILES string of the molecule is COCCN(c1c(Cl)cccc1CCl)C1CC1. The lowest BCUT2D eigenvalue weighted by atomic mass is 10.1. The standard InChI is InChI=1S/C13H17Cl2NO/c1-17-8-7-16(11-5-6-11)13-10(9-14)3-2-4-12(13)15/h2-4,11H,5-9H2,1H3. The van der Waals surface area contributed by atoms with Gasteiger partial charge in [-0.05, 0) is 24.5 Å². The number of benzene rings is 1. The Morgan fingerprint density at radius 3 is 2.76 bits per heavy atom. The number of halogens is 2. The summed E-state index contributed by atoms with van der Waals surface area (Å²) < 4.78 is 5.17. The Kier molecular flexibility index (Phi) is 4.55. The van der Waals surface area contributed by atoms with E-state index in [1.54, 1.807) is 7.11 Å². The van der Waals surface area contributed by atoms with Gasteiger partial charge in [-0.25, -0.2) is 0 Å². The van der Waals surface area contributed by atoms with E-state index in [2.05, 4.69) is 4.90 Å². The molecule has 1 aromatic carbocycles. The normalized spacial score (nSPS) is 15.0. The van der Waals surface area contributed by atoms with Gasteiger partial charge >= 0.3 is 0 Å². The number of para-hydroxylation sites is 1. The summed E-state index contributed by atoms with van der Waals surface area (Å²) in [4.78, 5) is 2.34. The number of hydrogen-bond donors (Lipinski definition) is 0. The summed E-state index contributed by atoms with van der Waals surface area (Å²) in [5.74, 6) is 0.492. The van der Waals surface area contributed by atoms with Gasteiger partial charge in [0.05, 0.1) is 17.3 Å². The lowest BCUT2D eigenvalue weighted by molar-refractivity contribution is 0.205. The molecule has 17 heavy (non-hydrogen) atoms. The van der Waals surface area contributed by atoms with Crippen LogP contribution in [0.15, 0.2) is 18.2 Å². The first-order valence-electron chi connectivity index (χ1n) is 5.87. The highest BCUT2D eigenvalue weighted by Crippen LogP contribution is 2.38. The first-order valence-corrected chi connectivity index (χ1v) is 6.78. The lowest BCUT2D eigenvalue weighted by Gasteiger charge is -2.27. The maximum absolute atomic E-state index is 6.31. The van der Waals surface area contributed by atoms with Gasteiger partial charge in [0, 0.05) is 25.6 Å². The molecule has 2 rings (SSSR count). The minimum absolute atomic E-state index is 0.492. The highest BCUT2D eigenvalue weighted by atomic mass is 35.5. The van der Waals surface area contributed by atoms with E-state index in [4.69, 9.17) is 27.9 Å². The van der Waals surface area contributed by atoms with E-state index in [-0.39, 0.29) is 0 Å². The zero-order valence-electron chi connectivity index (χ0n) is 9.96. The number of ether oxygens (including phenoxy) is 1. The van der Waals surface area contributed by atoms with Gasteiger partial charge in [-0.3, -0.25) is 0 Å². The first kappa shape index (κ1) is 13.0. The summed E-state index contributed by atoms with van der Waals surface area (Å²) in [5, 5.41) is 0.783. The molecule has 0 bridgehead atoms. The molecule has 1 aliphatic rings. The Morgan fingerprint density at radius 2 is 2.18 bits per heavy atom. The van der Waals surface area contributed by atoms with E-state index in [1.165, 1.54) is 12.8 Å². The molecular weight excluding hydrogens is 257 g/mol. The molecular formula is C13H17Cl2NO. The van der Waals surface area contributed by atoms with Crippen LogP contribution in [-0.4, -0.2) is 26.3 Å². The summed E-state index contributed by atoms with van der Waals surface area (Å²) in [6.45, 7) is 1.58. The average Bonchev–Trinajstić information content (AvgIpc) is 3.15. The van der Waals surface area contributed by atoms with Crippen molar-refractivity contribution >= 4 is 28.9 Å². The number of rotatable bonds is 6.